The van der Waals surface area contributed by atoms with Gasteiger partial charge in [-0.25, -0.2) is 0 Å². The van der Waals surface area contributed by atoms with Crippen LogP contribution < -0.4 is 20.1 Å². The summed E-state index contributed by atoms with van der Waals surface area (Å²) in [6.07, 6.45) is 0.393. The van der Waals surface area contributed by atoms with Crippen molar-refractivity contribution in [3.8, 4) is 11.5 Å². The third-order valence-electron chi connectivity index (χ3n) is 4.67. The standard InChI is InChI=1S/C25H26N2O4/c1-30-21-12-14-22(15-13-21)31-17-16-26-25(29)23(18-19-8-4-2-5-9-19)27-24(28)20-10-6-3-7-11-20/h2-15,23H,16-18H2,1H3,(H,26,29)(H,27,28). The monoisotopic (exact) mass is 418 g/mol. The molecule has 6 heteroatoms. The molecule has 3 aromatic rings. The summed E-state index contributed by atoms with van der Waals surface area (Å²) in [5.41, 5.74) is 1.47. The van der Waals surface area contributed by atoms with Crippen LogP contribution >= 0.6 is 0 Å². The zero-order valence-corrected chi connectivity index (χ0v) is 17.4. The molecule has 3 rings (SSSR count). The van der Waals surface area contributed by atoms with Crippen LogP contribution in [0.4, 0.5) is 0 Å². The van der Waals surface area contributed by atoms with E-state index in [9.17, 15) is 9.59 Å². The molecule has 6 nitrogen and oxygen atoms in total. The molecule has 2 N–H and O–H groups in total. The molecule has 0 radical (unpaired) electrons. The molecule has 3 aromatic carbocycles. The molecule has 0 heterocycles. The van der Waals surface area contributed by atoms with Gasteiger partial charge in [-0.3, -0.25) is 9.59 Å². The summed E-state index contributed by atoms with van der Waals surface area (Å²) < 4.78 is 10.8. The lowest BCUT2D eigenvalue weighted by Crippen LogP contribution is -2.48. The molecule has 1 atom stereocenters. The van der Waals surface area contributed by atoms with Crippen molar-refractivity contribution in [2.75, 3.05) is 20.3 Å². The van der Waals surface area contributed by atoms with E-state index in [0.717, 1.165) is 11.3 Å². The number of benzene rings is 3. The van der Waals surface area contributed by atoms with E-state index in [2.05, 4.69) is 10.6 Å². The van der Waals surface area contributed by atoms with Gasteiger partial charge in [0.25, 0.3) is 5.91 Å². The second-order valence-corrected chi connectivity index (χ2v) is 6.90. The molecule has 0 saturated carbocycles. The van der Waals surface area contributed by atoms with Crippen molar-refractivity contribution >= 4 is 11.8 Å². The highest BCUT2D eigenvalue weighted by molar-refractivity contribution is 5.97. The summed E-state index contributed by atoms with van der Waals surface area (Å²) in [7, 11) is 1.60. The van der Waals surface area contributed by atoms with Crippen molar-refractivity contribution in [2.24, 2.45) is 0 Å². The van der Waals surface area contributed by atoms with Crippen LogP contribution in [0.15, 0.2) is 84.9 Å². The van der Waals surface area contributed by atoms with Gasteiger partial charge in [-0.1, -0.05) is 48.5 Å². The number of hydrogen-bond acceptors (Lipinski definition) is 4. The molecule has 0 aliphatic rings. The predicted molar refractivity (Wildman–Crippen MR) is 119 cm³/mol. The Balaban J connectivity index is 1.56. The molecule has 0 aliphatic heterocycles. The first-order chi connectivity index (χ1) is 15.2. The number of nitrogens with one attached hydrogen (secondary N) is 2. The maximum atomic E-state index is 12.8. The lowest BCUT2D eigenvalue weighted by Gasteiger charge is -2.19. The van der Waals surface area contributed by atoms with Crippen LogP contribution in [0.2, 0.25) is 0 Å². The number of ether oxygens (including phenoxy) is 2. The van der Waals surface area contributed by atoms with Crippen molar-refractivity contribution in [2.45, 2.75) is 12.5 Å². The summed E-state index contributed by atoms with van der Waals surface area (Å²) in [6, 6.07) is 25.0. The van der Waals surface area contributed by atoms with Gasteiger partial charge < -0.3 is 20.1 Å². The largest absolute Gasteiger partial charge is 0.497 e. The molecule has 2 amide bonds. The van der Waals surface area contributed by atoms with Crippen molar-refractivity contribution < 1.29 is 19.1 Å². The first-order valence-corrected chi connectivity index (χ1v) is 10.1. The zero-order valence-electron chi connectivity index (χ0n) is 17.4. The van der Waals surface area contributed by atoms with E-state index in [1.54, 1.807) is 43.5 Å². The van der Waals surface area contributed by atoms with E-state index in [-0.39, 0.29) is 11.8 Å². The van der Waals surface area contributed by atoms with Crippen molar-refractivity contribution in [3.05, 3.63) is 96.1 Å². The topological polar surface area (TPSA) is 76.7 Å². The van der Waals surface area contributed by atoms with Crippen LogP contribution in [-0.2, 0) is 11.2 Å². The summed E-state index contributed by atoms with van der Waals surface area (Å²) in [6.45, 7) is 0.625. The minimum absolute atomic E-state index is 0.258. The fourth-order valence-electron chi connectivity index (χ4n) is 3.03. The molecule has 0 aliphatic carbocycles. The van der Waals surface area contributed by atoms with E-state index >= 15 is 0 Å². The highest BCUT2D eigenvalue weighted by Gasteiger charge is 2.21. The highest BCUT2D eigenvalue weighted by atomic mass is 16.5. The third-order valence-corrected chi connectivity index (χ3v) is 4.67. The fraction of sp³-hybridized carbons (Fsp3) is 0.200. The van der Waals surface area contributed by atoms with Crippen LogP contribution in [-0.4, -0.2) is 38.1 Å². The quantitative estimate of drug-likeness (QED) is 0.496. The van der Waals surface area contributed by atoms with Gasteiger partial charge in [0.15, 0.2) is 0 Å². The fourth-order valence-corrected chi connectivity index (χ4v) is 3.03. The molecule has 0 fully saturated rings. The lowest BCUT2D eigenvalue weighted by molar-refractivity contribution is -0.123. The van der Waals surface area contributed by atoms with Crippen LogP contribution in [0, 0.1) is 0 Å². The molecule has 1 unspecified atom stereocenters. The molecular weight excluding hydrogens is 392 g/mol. The predicted octanol–water partition coefficient (Wildman–Crippen LogP) is 3.23. The highest BCUT2D eigenvalue weighted by Crippen LogP contribution is 2.16. The van der Waals surface area contributed by atoms with Crippen molar-refractivity contribution in [3.63, 3.8) is 0 Å². The number of amides is 2. The second kappa shape index (κ2) is 11.4. The van der Waals surface area contributed by atoms with Gasteiger partial charge in [-0.05, 0) is 42.0 Å². The number of carbonyl (C=O) groups is 2. The maximum Gasteiger partial charge on any atom is 0.251 e. The molecule has 0 saturated heterocycles. The average molecular weight is 418 g/mol. The van der Waals surface area contributed by atoms with E-state index in [1.165, 1.54) is 0 Å². The first kappa shape index (κ1) is 21.9. The van der Waals surface area contributed by atoms with Gasteiger partial charge in [-0.2, -0.15) is 0 Å². The van der Waals surface area contributed by atoms with Crippen LogP contribution in [0.3, 0.4) is 0 Å². The smallest absolute Gasteiger partial charge is 0.251 e. The maximum absolute atomic E-state index is 12.8. The minimum Gasteiger partial charge on any atom is -0.497 e. The third kappa shape index (κ3) is 6.89. The SMILES string of the molecule is COc1ccc(OCCNC(=O)C(Cc2ccccc2)NC(=O)c2ccccc2)cc1. The number of rotatable bonds is 10. The lowest BCUT2D eigenvalue weighted by atomic mass is 10.0. The van der Waals surface area contributed by atoms with Gasteiger partial charge in [0, 0.05) is 12.0 Å². The summed E-state index contributed by atoms with van der Waals surface area (Å²) in [5, 5.41) is 5.70. The normalized spacial score (nSPS) is 11.3. The van der Waals surface area contributed by atoms with Crippen molar-refractivity contribution in [1.29, 1.82) is 0 Å². The van der Waals surface area contributed by atoms with E-state index < -0.39 is 6.04 Å². The van der Waals surface area contributed by atoms with Gasteiger partial charge in [0.05, 0.1) is 13.7 Å². The van der Waals surface area contributed by atoms with Crippen LogP contribution in [0.1, 0.15) is 15.9 Å². The summed E-state index contributed by atoms with van der Waals surface area (Å²) in [4.78, 5) is 25.4. The number of hydrogen-bond donors (Lipinski definition) is 2. The van der Waals surface area contributed by atoms with E-state index in [1.807, 2.05) is 48.5 Å². The van der Waals surface area contributed by atoms with Gasteiger partial charge in [0.1, 0.15) is 24.1 Å². The average Bonchev–Trinajstić information content (AvgIpc) is 2.83. The van der Waals surface area contributed by atoms with Crippen molar-refractivity contribution in [1.82, 2.24) is 10.6 Å². The Bertz CT molecular complexity index is 960. The Kier molecular flexibility index (Phi) is 8.05. The molecule has 0 spiro atoms. The summed E-state index contributed by atoms with van der Waals surface area (Å²) in [5.74, 6) is 0.893. The number of carbonyl (C=O) groups excluding carboxylic acids is 2. The summed E-state index contributed by atoms with van der Waals surface area (Å²) >= 11 is 0. The van der Waals surface area contributed by atoms with E-state index in [4.69, 9.17) is 9.47 Å². The molecule has 0 aromatic heterocycles. The van der Waals surface area contributed by atoms with Crippen LogP contribution in [0.5, 0.6) is 11.5 Å². The van der Waals surface area contributed by atoms with Gasteiger partial charge in [-0.15, -0.1) is 0 Å². The van der Waals surface area contributed by atoms with Gasteiger partial charge >= 0.3 is 0 Å². The Morgan fingerprint density at radius 3 is 2.10 bits per heavy atom. The number of methoxy groups -OCH3 is 1. The zero-order chi connectivity index (χ0) is 21.9. The molecular formula is C25H26N2O4. The Labute approximate surface area is 182 Å². The molecule has 31 heavy (non-hydrogen) atoms. The molecule has 160 valence electrons. The Morgan fingerprint density at radius 2 is 1.45 bits per heavy atom. The van der Waals surface area contributed by atoms with Crippen LogP contribution in [0.25, 0.3) is 0 Å². The second-order valence-electron chi connectivity index (χ2n) is 6.90. The minimum atomic E-state index is -0.698. The molecule has 0 bridgehead atoms. The van der Waals surface area contributed by atoms with Gasteiger partial charge in [0.2, 0.25) is 5.91 Å². The Morgan fingerprint density at radius 1 is 0.839 bits per heavy atom. The first-order valence-electron chi connectivity index (χ1n) is 10.1. The Hall–Kier alpha value is -3.80. The van der Waals surface area contributed by atoms with E-state index in [0.29, 0.717) is 30.9 Å².